The van der Waals surface area contributed by atoms with E-state index in [0.29, 0.717) is 17.9 Å². The van der Waals surface area contributed by atoms with E-state index in [-0.39, 0.29) is 17.5 Å². The quantitative estimate of drug-likeness (QED) is 0.644. The van der Waals surface area contributed by atoms with E-state index < -0.39 is 5.82 Å². The summed E-state index contributed by atoms with van der Waals surface area (Å²) < 4.78 is 23.9. The van der Waals surface area contributed by atoms with Crippen molar-refractivity contribution in [2.75, 3.05) is 6.61 Å². The SMILES string of the molecule is CCOc1cc(F)cnc1Oc1cncc(C(=N)N)c1. The van der Waals surface area contributed by atoms with Gasteiger partial charge in [-0.15, -0.1) is 0 Å². The first-order valence-electron chi connectivity index (χ1n) is 5.85. The number of rotatable bonds is 5. The van der Waals surface area contributed by atoms with Crippen molar-refractivity contribution in [1.29, 1.82) is 5.41 Å². The van der Waals surface area contributed by atoms with Crippen LogP contribution in [0.3, 0.4) is 0 Å². The van der Waals surface area contributed by atoms with Crippen molar-refractivity contribution in [2.45, 2.75) is 6.92 Å². The molecule has 0 aliphatic carbocycles. The van der Waals surface area contributed by atoms with E-state index in [9.17, 15) is 4.39 Å². The molecule has 0 aliphatic rings. The fourth-order valence-electron chi connectivity index (χ4n) is 1.48. The van der Waals surface area contributed by atoms with Crippen molar-refractivity contribution in [3.63, 3.8) is 0 Å². The zero-order valence-corrected chi connectivity index (χ0v) is 10.8. The van der Waals surface area contributed by atoms with Gasteiger partial charge in [-0.2, -0.15) is 0 Å². The Hall–Kier alpha value is -2.70. The van der Waals surface area contributed by atoms with Gasteiger partial charge in [0.25, 0.3) is 5.88 Å². The Kier molecular flexibility index (Phi) is 4.09. The number of nitrogens with one attached hydrogen (secondary N) is 1. The molecule has 20 heavy (non-hydrogen) atoms. The molecule has 2 rings (SSSR count). The highest BCUT2D eigenvalue weighted by atomic mass is 19.1. The Bertz CT molecular complexity index is 634. The Labute approximate surface area is 114 Å². The van der Waals surface area contributed by atoms with E-state index in [2.05, 4.69) is 9.97 Å². The molecule has 0 radical (unpaired) electrons. The average Bonchev–Trinajstić information content (AvgIpc) is 2.42. The van der Waals surface area contributed by atoms with E-state index in [1.54, 1.807) is 6.92 Å². The maximum atomic E-state index is 13.1. The summed E-state index contributed by atoms with van der Waals surface area (Å²) in [6.45, 7) is 2.12. The van der Waals surface area contributed by atoms with Crippen LogP contribution in [0.2, 0.25) is 0 Å². The van der Waals surface area contributed by atoms with Gasteiger partial charge in [-0.1, -0.05) is 0 Å². The first-order valence-corrected chi connectivity index (χ1v) is 5.85. The smallest absolute Gasteiger partial charge is 0.262 e. The molecule has 0 spiro atoms. The van der Waals surface area contributed by atoms with Gasteiger partial charge in [0.05, 0.1) is 19.0 Å². The summed E-state index contributed by atoms with van der Waals surface area (Å²) in [5.74, 6) is 0.00528. The van der Waals surface area contributed by atoms with Gasteiger partial charge >= 0.3 is 0 Å². The monoisotopic (exact) mass is 276 g/mol. The number of nitrogens with zero attached hydrogens (tertiary/aromatic N) is 2. The highest BCUT2D eigenvalue weighted by Gasteiger charge is 2.10. The van der Waals surface area contributed by atoms with Gasteiger partial charge in [-0.05, 0) is 13.0 Å². The normalized spacial score (nSPS) is 10.1. The van der Waals surface area contributed by atoms with Crippen molar-refractivity contribution in [1.82, 2.24) is 9.97 Å². The zero-order chi connectivity index (χ0) is 14.5. The summed E-state index contributed by atoms with van der Waals surface area (Å²) in [5, 5.41) is 7.34. The molecule has 0 aromatic carbocycles. The molecule has 104 valence electrons. The van der Waals surface area contributed by atoms with Gasteiger partial charge in [-0.25, -0.2) is 9.37 Å². The number of nitrogens with two attached hydrogens (primary N) is 1. The van der Waals surface area contributed by atoms with Crippen LogP contribution in [0.15, 0.2) is 30.7 Å². The largest absolute Gasteiger partial charge is 0.488 e. The molecule has 0 fully saturated rings. The van der Waals surface area contributed by atoms with Crippen LogP contribution in [-0.2, 0) is 0 Å². The third-order valence-electron chi connectivity index (χ3n) is 2.32. The predicted octanol–water partition coefficient (Wildman–Crippen LogP) is 2.09. The summed E-state index contributed by atoms with van der Waals surface area (Å²) in [4.78, 5) is 7.74. The van der Waals surface area contributed by atoms with Crippen molar-refractivity contribution in [3.8, 4) is 17.4 Å². The van der Waals surface area contributed by atoms with Gasteiger partial charge in [0.2, 0.25) is 0 Å². The van der Waals surface area contributed by atoms with Crippen molar-refractivity contribution in [2.24, 2.45) is 5.73 Å². The van der Waals surface area contributed by atoms with Gasteiger partial charge in [-0.3, -0.25) is 10.4 Å². The number of hydrogen-bond donors (Lipinski definition) is 2. The van der Waals surface area contributed by atoms with Crippen molar-refractivity contribution >= 4 is 5.84 Å². The molecule has 0 bridgehead atoms. The molecule has 7 heteroatoms. The number of amidine groups is 1. The molecule has 0 unspecified atom stereocenters. The summed E-state index contributed by atoms with van der Waals surface area (Å²) >= 11 is 0. The summed E-state index contributed by atoms with van der Waals surface area (Å²) in [6, 6.07) is 2.73. The lowest BCUT2D eigenvalue weighted by Gasteiger charge is -2.10. The number of halogens is 1. The van der Waals surface area contributed by atoms with Crippen molar-refractivity contribution < 1.29 is 13.9 Å². The third kappa shape index (κ3) is 3.19. The van der Waals surface area contributed by atoms with Crippen LogP contribution >= 0.6 is 0 Å². The number of aromatic nitrogens is 2. The minimum Gasteiger partial charge on any atom is -0.488 e. The zero-order valence-electron chi connectivity index (χ0n) is 10.8. The minimum atomic E-state index is -0.517. The van der Waals surface area contributed by atoms with Crippen LogP contribution in [0, 0.1) is 11.2 Å². The molecule has 2 aromatic rings. The molecule has 0 amide bonds. The maximum absolute atomic E-state index is 13.1. The fourth-order valence-corrected chi connectivity index (χ4v) is 1.48. The second-order valence-electron chi connectivity index (χ2n) is 3.81. The molecule has 0 atom stereocenters. The lowest BCUT2D eigenvalue weighted by atomic mass is 10.2. The van der Waals surface area contributed by atoms with E-state index in [0.717, 1.165) is 6.20 Å². The summed E-state index contributed by atoms with van der Waals surface area (Å²) in [6.07, 6.45) is 3.91. The summed E-state index contributed by atoms with van der Waals surface area (Å²) in [7, 11) is 0. The number of pyridine rings is 2. The Morgan fingerprint density at radius 2 is 2.15 bits per heavy atom. The third-order valence-corrected chi connectivity index (χ3v) is 2.32. The first kappa shape index (κ1) is 13.7. The molecular weight excluding hydrogens is 263 g/mol. The fraction of sp³-hybridized carbons (Fsp3) is 0.154. The molecule has 2 heterocycles. The highest BCUT2D eigenvalue weighted by molar-refractivity contribution is 5.94. The topological polar surface area (TPSA) is 94.1 Å². The van der Waals surface area contributed by atoms with Crippen LogP contribution in [0.5, 0.6) is 17.4 Å². The van der Waals surface area contributed by atoms with Gasteiger partial charge in [0, 0.05) is 17.8 Å². The van der Waals surface area contributed by atoms with Gasteiger partial charge in [0.15, 0.2) is 5.75 Å². The molecule has 3 N–H and O–H groups in total. The number of ether oxygens (including phenoxy) is 2. The van der Waals surface area contributed by atoms with Crippen LogP contribution in [-0.4, -0.2) is 22.4 Å². The first-order chi connectivity index (χ1) is 9.60. The number of nitrogen functional groups attached to an aromatic ring is 1. The van der Waals surface area contributed by atoms with Crippen LogP contribution < -0.4 is 15.2 Å². The van der Waals surface area contributed by atoms with E-state index in [4.69, 9.17) is 20.6 Å². The molecular formula is C13H13FN4O2. The lowest BCUT2D eigenvalue weighted by molar-refractivity contribution is 0.313. The Morgan fingerprint density at radius 1 is 1.35 bits per heavy atom. The molecule has 0 aliphatic heterocycles. The van der Waals surface area contributed by atoms with Crippen LogP contribution in [0.1, 0.15) is 12.5 Å². The maximum Gasteiger partial charge on any atom is 0.262 e. The summed E-state index contributed by atoms with van der Waals surface area (Å²) in [5.41, 5.74) is 5.79. The Balaban J connectivity index is 2.29. The molecule has 0 saturated heterocycles. The standard InChI is InChI=1S/C13H13FN4O2/c1-2-19-11-4-9(14)6-18-13(11)20-10-3-8(12(15)16)5-17-7-10/h3-7H,2H2,1H3,(H3,15,16). The van der Waals surface area contributed by atoms with E-state index in [1.807, 2.05) is 0 Å². The highest BCUT2D eigenvalue weighted by Crippen LogP contribution is 2.29. The van der Waals surface area contributed by atoms with Gasteiger partial charge < -0.3 is 15.2 Å². The predicted molar refractivity (Wildman–Crippen MR) is 70.7 cm³/mol. The van der Waals surface area contributed by atoms with E-state index >= 15 is 0 Å². The van der Waals surface area contributed by atoms with Crippen molar-refractivity contribution in [3.05, 3.63) is 42.1 Å². The minimum absolute atomic E-state index is 0.121. The van der Waals surface area contributed by atoms with Crippen LogP contribution in [0.4, 0.5) is 4.39 Å². The van der Waals surface area contributed by atoms with Gasteiger partial charge in [0.1, 0.15) is 17.4 Å². The molecule has 0 saturated carbocycles. The Morgan fingerprint density at radius 3 is 2.85 bits per heavy atom. The second-order valence-corrected chi connectivity index (χ2v) is 3.81. The lowest BCUT2D eigenvalue weighted by Crippen LogP contribution is -2.11. The second kappa shape index (κ2) is 5.96. The molecule has 2 aromatic heterocycles. The van der Waals surface area contributed by atoms with Crippen LogP contribution in [0.25, 0.3) is 0 Å². The average molecular weight is 276 g/mol. The molecule has 6 nitrogen and oxygen atoms in total. The van der Waals surface area contributed by atoms with E-state index in [1.165, 1.54) is 24.5 Å². The number of hydrogen-bond acceptors (Lipinski definition) is 5.